The summed E-state index contributed by atoms with van der Waals surface area (Å²) < 4.78 is 33.0. The summed E-state index contributed by atoms with van der Waals surface area (Å²) in [5, 5.41) is 0. The molecule has 9 heteroatoms. The molecular formula is C20H30N4O3S2. The molecule has 0 bridgehead atoms. The molecule has 0 radical (unpaired) electrons. The highest BCUT2D eigenvalue weighted by Crippen LogP contribution is 2.29. The van der Waals surface area contributed by atoms with E-state index in [9.17, 15) is 8.42 Å². The van der Waals surface area contributed by atoms with Crippen molar-refractivity contribution in [3.8, 4) is 0 Å². The Morgan fingerprint density at radius 1 is 1.10 bits per heavy atom. The lowest BCUT2D eigenvalue weighted by Gasteiger charge is -2.35. The van der Waals surface area contributed by atoms with Crippen molar-refractivity contribution in [3.05, 3.63) is 33.4 Å². The molecule has 0 amide bonds. The van der Waals surface area contributed by atoms with Crippen molar-refractivity contribution in [3.63, 3.8) is 0 Å². The first-order valence-electron chi connectivity index (χ1n) is 9.72. The third-order valence-electron chi connectivity index (χ3n) is 4.90. The summed E-state index contributed by atoms with van der Waals surface area (Å²) >= 11 is 1.52. The van der Waals surface area contributed by atoms with Crippen molar-refractivity contribution in [2.24, 2.45) is 0 Å². The maximum Gasteiger partial charge on any atom is 0.244 e. The van der Waals surface area contributed by atoms with Crippen LogP contribution in [0.2, 0.25) is 0 Å². The summed E-state index contributed by atoms with van der Waals surface area (Å²) in [6.45, 7) is 12.5. The van der Waals surface area contributed by atoms with Gasteiger partial charge in [-0.25, -0.2) is 18.4 Å². The average molecular weight is 439 g/mol. The molecule has 160 valence electrons. The standard InChI is InChI=1S/C20H30N4O3S2/c1-14-11-17(15(2)28-14)29(25,26)24-9-7-23(8-10-24)18-12-16(13-27-6)21-19(22-18)20(3,4)5/h11-12H,7-10,13H2,1-6H3. The average Bonchev–Trinajstić information content (AvgIpc) is 3.00. The van der Waals surface area contributed by atoms with Crippen molar-refractivity contribution >= 4 is 27.2 Å². The van der Waals surface area contributed by atoms with E-state index >= 15 is 0 Å². The molecule has 1 aliphatic heterocycles. The number of piperazine rings is 1. The van der Waals surface area contributed by atoms with Crippen LogP contribution in [0.25, 0.3) is 0 Å². The third kappa shape index (κ3) is 4.79. The Morgan fingerprint density at radius 3 is 2.28 bits per heavy atom. The molecule has 2 aromatic rings. The predicted octanol–water partition coefficient (Wildman–Crippen LogP) is 3.11. The first-order valence-corrected chi connectivity index (χ1v) is 12.0. The number of thiophene rings is 1. The van der Waals surface area contributed by atoms with Crippen LogP contribution in [-0.2, 0) is 26.8 Å². The van der Waals surface area contributed by atoms with E-state index in [2.05, 4.69) is 30.7 Å². The van der Waals surface area contributed by atoms with Crippen molar-refractivity contribution in [1.82, 2.24) is 14.3 Å². The Morgan fingerprint density at radius 2 is 1.76 bits per heavy atom. The van der Waals surface area contributed by atoms with E-state index < -0.39 is 10.0 Å². The number of aryl methyl sites for hydroxylation is 2. The van der Waals surface area contributed by atoms with Gasteiger partial charge in [-0.2, -0.15) is 4.31 Å². The van der Waals surface area contributed by atoms with Crippen molar-refractivity contribution in [2.45, 2.75) is 51.5 Å². The van der Waals surface area contributed by atoms with Crippen LogP contribution in [-0.4, -0.2) is 56.0 Å². The van der Waals surface area contributed by atoms with E-state index in [-0.39, 0.29) is 5.41 Å². The van der Waals surface area contributed by atoms with E-state index in [1.54, 1.807) is 17.5 Å². The maximum atomic E-state index is 13.1. The molecule has 0 saturated carbocycles. The number of ether oxygens (including phenoxy) is 1. The summed E-state index contributed by atoms with van der Waals surface area (Å²) in [4.78, 5) is 13.8. The molecule has 1 fully saturated rings. The van der Waals surface area contributed by atoms with Gasteiger partial charge >= 0.3 is 0 Å². The smallest absolute Gasteiger partial charge is 0.244 e. The van der Waals surface area contributed by atoms with Crippen LogP contribution >= 0.6 is 11.3 Å². The Balaban J connectivity index is 1.80. The summed E-state index contributed by atoms with van der Waals surface area (Å²) in [6.07, 6.45) is 0. The molecular weight excluding hydrogens is 408 g/mol. The Bertz CT molecular complexity index is 972. The number of methoxy groups -OCH3 is 1. The van der Waals surface area contributed by atoms with Crippen LogP contribution in [0, 0.1) is 13.8 Å². The fourth-order valence-corrected chi connectivity index (χ4v) is 6.31. The second-order valence-corrected chi connectivity index (χ2v) is 11.8. The van der Waals surface area contributed by atoms with Crippen LogP contribution in [0.15, 0.2) is 17.0 Å². The third-order valence-corrected chi connectivity index (χ3v) is 8.02. The lowest BCUT2D eigenvalue weighted by molar-refractivity contribution is 0.181. The van der Waals surface area contributed by atoms with Crippen LogP contribution in [0.3, 0.4) is 0 Å². The van der Waals surface area contributed by atoms with E-state index in [1.807, 2.05) is 19.9 Å². The zero-order valence-corrected chi connectivity index (χ0v) is 19.7. The number of nitrogens with zero attached hydrogens (tertiary/aromatic N) is 4. The van der Waals surface area contributed by atoms with Gasteiger partial charge in [0.1, 0.15) is 11.6 Å². The highest BCUT2D eigenvalue weighted by atomic mass is 32.2. The van der Waals surface area contributed by atoms with Gasteiger partial charge in [0.2, 0.25) is 10.0 Å². The van der Waals surface area contributed by atoms with Gasteiger partial charge in [-0.1, -0.05) is 20.8 Å². The molecule has 7 nitrogen and oxygen atoms in total. The molecule has 1 saturated heterocycles. The summed E-state index contributed by atoms with van der Waals surface area (Å²) in [7, 11) is -1.81. The van der Waals surface area contributed by atoms with Gasteiger partial charge in [-0.05, 0) is 19.9 Å². The van der Waals surface area contributed by atoms with Gasteiger partial charge in [-0.3, -0.25) is 0 Å². The molecule has 2 aromatic heterocycles. The number of hydrogen-bond donors (Lipinski definition) is 0. The Labute approximate surface area is 177 Å². The fraction of sp³-hybridized carbons (Fsp3) is 0.600. The summed E-state index contributed by atoms with van der Waals surface area (Å²) in [6, 6.07) is 3.72. The van der Waals surface area contributed by atoms with Gasteiger partial charge in [-0.15, -0.1) is 11.3 Å². The van der Waals surface area contributed by atoms with Crippen LogP contribution in [0.4, 0.5) is 5.82 Å². The first-order chi connectivity index (χ1) is 13.5. The maximum absolute atomic E-state index is 13.1. The van der Waals surface area contributed by atoms with Gasteiger partial charge in [0.15, 0.2) is 0 Å². The fourth-order valence-electron chi connectivity index (χ4n) is 3.36. The minimum Gasteiger partial charge on any atom is -0.378 e. The first kappa shape index (κ1) is 22.1. The minimum absolute atomic E-state index is 0.183. The Kier molecular flexibility index (Phi) is 6.33. The molecule has 3 rings (SSSR count). The molecule has 29 heavy (non-hydrogen) atoms. The number of anilines is 1. The summed E-state index contributed by atoms with van der Waals surface area (Å²) in [5.74, 6) is 1.60. The number of rotatable bonds is 5. The molecule has 0 aromatic carbocycles. The topological polar surface area (TPSA) is 75.6 Å². The largest absolute Gasteiger partial charge is 0.378 e. The van der Waals surface area contributed by atoms with Gasteiger partial charge < -0.3 is 9.64 Å². The van der Waals surface area contributed by atoms with Crippen molar-refractivity contribution < 1.29 is 13.2 Å². The number of sulfonamides is 1. The van der Waals surface area contributed by atoms with E-state index in [1.165, 1.54) is 11.3 Å². The predicted molar refractivity (Wildman–Crippen MR) is 116 cm³/mol. The van der Waals surface area contributed by atoms with Crippen molar-refractivity contribution in [2.75, 3.05) is 38.2 Å². The SMILES string of the molecule is COCc1cc(N2CCN(S(=O)(=O)c3cc(C)sc3C)CC2)nc(C(C)(C)C)n1. The van der Waals surface area contributed by atoms with E-state index in [4.69, 9.17) is 9.72 Å². The van der Waals surface area contributed by atoms with E-state index in [0.29, 0.717) is 37.7 Å². The Hall–Kier alpha value is -1.55. The molecule has 0 spiro atoms. The zero-order chi connectivity index (χ0) is 21.4. The molecule has 0 aliphatic carbocycles. The summed E-state index contributed by atoms with van der Waals surface area (Å²) in [5.41, 5.74) is 0.653. The second kappa shape index (κ2) is 8.29. The lowest BCUT2D eigenvalue weighted by Crippen LogP contribution is -2.49. The second-order valence-electron chi connectivity index (χ2n) is 8.39. The van der Waals surface area contributed by atoms with Crippen molar-refractivity contribution in [1.29, 1.82) is 0 Å². The molecule has 0 unspecified atom stereocenters. The van der Waals surface area contributed by atoms with Gasteiger partial charge in [0.05, 0.1) is 17.2 Å². The quantitative estimate of drug-likeness (QED) is 0.714. The lowest BCUT2D eigenvalue weighted by atomic mass is 9.95. The van der Waals surface area contributed by atoms with Crippen LogP contribution in [0.1, 0.15) is 42.0 Å². The van der Waals surface area contributed by atoms with Gasteiger partial charge in [0.25, 0.3) is 0 Å². The zero-order valence-electron chi connectivity index (χ0n) is 18.0. The minimum atomic E-state index is -3.46. The van der Waals surface area contributed by atoms with E-state index in [0.717, 1.165) is 27.1 Å². The van der Waals surface area contributed by atoms with Gasteiger partial charge in [0, 0.05) is 54.5 Å². The van der Waals surface area contributed by atoms with Crippen LogP contribution < -0.4 is 4.90 Å². The normalized spacial score (nSPS) is 16.4. The molecule has 1 aliphatic rings. The van der Waals surface area contributed by atoms with Crippen LogP contribution in [0.5, 0.6) is 0 Å². The number of aromatic nitrogens is 2. The monoisotopic (exact) mass is 438 g/mol. The molecule has 3 heterocycles. The molecule has 0 atom stereocenters. The number of hydrogen-bond acceptors (Lipinski definition) is 7. The highest BCUT2D eigenvalue weighted by Gasteiger charge is 2.31. The molecule has 0 N–H and O–H groups in total. The highest BCUT2D eigenvalue weighted by molar-refractivity contribution is 7.89.